The van der Waals surface area contributed by atoms with Crippen LogP contribution >= 0.6 is 12.4 Å². The van der Waals surface area contributed by atoms with E-state index in [1.54, 1.807) is 0 Å². The van der Waals surface area contributed by atoms with Crippen molar-refractivity contribution < 1.29 is 13.2 Å². The van der Waals surface area contributed by atoms with Gasteiger partial charge in [0.15, 0.2) is 0 Å². The Labute approximate surface area is 116 Å². The van der Waals surface area contributed by atoms with Gasteiger partial charge in [-0.2, -0.15) is 0 Å². The summed E-state index contributed by atoms with van der Waals surface area (Å²) in [5.74, 6) is 0. The Balaban J connectivity index is 0.00000289. The molecule has 0 spiro atoms. The second-order valence-corrected chi connectivity index (χ2v) is 6.82. The van der Waals surface area contributed by atoms with Crippen molar-refractivity contribution >= 4 is 22.4 Å². The summed E-state index contributed by atoms with van der Waals surface area (Å²) in [7, 11) is -3.29. The van der Waals surface area contributed by atoms with E-state index in [-0.39, 0.29) is 12.4 Å². The van der Waals surface area contributed by atoms with Crippen LogP contribution < -0.4 is 10.5 Å². The monoisotopic (exact) mass is 300 g/mol. The molecule has 1 aliphatic rings. The summed E-state index contributed by atoms with van der Waals surface area (Å²) in [5, 5.41) is -0.422. The highest BCUT2D eigenvalue weighted by Gasteiger charge is 2.30. The van der Waals surface area contributed by atoms with E-state index in [2.05, 4.69) is 4.72 Å². The van der Waals surface area contributed by atoms with E-state index in [0.717, 1.165) is 19.3 Å². The van der Waals surface area contributed by atoms with Gasteiger partial charge < -0.3 is 10.5 Å². The normalized spacial score (nSPS) is 21.4. The first-order valence-electron chi connectivity index (χ1n) is 6.28. The van der Waals surface area contributed by atoms with Crippen LogP contribution in [-0.4, -0.2) is 39.0 Å². The fraction of sp³-hybridized carbons (Fsp3) is 1.00. The topological polar surface area (TPSA) is 81.4 Å². The summed E-state index contributed by atoms with van der Waals surface area (Å²) in [6.45, 7) is 5.21. The average Bonchev–Trinajstić information content (AvgIpc) is 2.37. The number of ether oxygens (including phenoxy) is 1. The van der Waals surface area contributed by atoms with Crippen LogP contribution in [-0.2, 0) is 14.8 Å². The molecule has 3 N–H and O–H groups in total. The van der Waals surface area contributed by atoms with E-state index in [0.29, 0.717) is 26.2 Å². The minimum atomic E-state index is -3.29. The molecule has 18 heavy (non-hydrogen) atoms. The van der Waals surface area contributed by atoms with Crippen LogP contribution in [0.5, 0.6) is 0 Å². The van der Waals surface area contributed by atoms with Gasteiger partial charge >= 0.3 is 0 Å². The van der Waals surface area contributed by atoms with Crippen LogP contribution in [0.2, 0.25) is 0 Å². The lowest BCUT2D eigenvalue weighted by Crippen LogP contribution is -2.51. The van der Waals surface area contributed by atoms with E-state index >= 15 is 0 Å². The van der Waals surface area contributed by atoms with Gasteiger partial charge in [0, 0.05) is 18.7 Å². The molecular weight excluding hydrogens is 276 g/mol. The molecule has 0 amide bonds. The first kappa shape index (κ1) is 18.1. The van der Waals surface area contributed by atoms with Crippen LogP contribution in [0.15, 0.2) is 0 Å². The summed E-state index contributed by atoms with van der Waals surface area (Å²) in [5.41, 5.74) is 5.63. The van der Waals surface area contributed by atoms with Gasteiger partial charge in [0.2, 0.25) is 10.0 Å². The molecule has 1 heterocycles. The zero-order chi connectivity index (χ0) is 12.9. The maximum absolute atomic E-state index is 12.0. The molecule has 0 bridgehead atoms. The predicted molar refractivity (Wildman–Crippen MR) is 75.5 cm³/mol. The summed E-state index contributed by atoms with van der Waals surface area (Å²) in [4.78, 5) is 0. The Kier molecular flexibility index (Phi) is 7.70. The third-order valence-electron chi connectivity index (χ3n) is 3.59. The van der Waals surface area contributed by atoms with E-state index < -0.39 is 20.8 Å². The van der Waals surface area contributed by atoms with Crippen molar-refractivity contribution in [2.75, 3.05) is 19.8 Å². The highest BCUT2D eigenvalue weighted by atomic mass is 35.5. The maximum atomic E-state index is 12.0. The fourth-order valence-electron chi connectivity index (χ4n) is 1.82. The van der Waals surface area contributed by atoms with E-state index in [9.17, 15) is 8.42 Å². The largest absolute Gasteiger partial charge is 0.380 e. The van der Waals surface area contributed by atoms with Crippen LogP contribution in [0.25, 0.3) is 0 Å². The number of nitrogens with one attached hydrogen (secondary N) is 1. The smallest absolute Gasteiger partial charge is 0.216 e. The zero-order valence-corrected chi connectivity index (χ0v) is 12.8. The molecule has 110 valence electrons. The summed E-state index contributed by atoms with van der Waals surface area (Å²) < 4.78 is 31.9. The Bertz CT molecular complexity index is 325. The Morgan fingerprint density at radius 1 is 1.39 bits per heavy atom. The van der Waals surface area contributed by atoms with Crippen LogP contribution in [0, 0.1) is 0 Å². The summed E-state index contributed by atoms with van der Waals surface area (Å²) in [6.07, 6.45) is 2.99. The molecule has 0 aromatic carbocycles. The number of hydrogen-bond donors (Lipinski definition) is 2. The minimum absolute atomic E-state index is 0. The fourth-order valence-corrected chi connectivity index (χ4v) is 3.29. The van der Waals surface area contributed by atoms with Gasteiger partial charge in [0.25, 0.3) is 0 Å². The van der Waals surface area contributed by atoms with Gasteiger partial charge in [-0.05, 0) is 25.7 Å². The van der Waals surface area contributed by atoms with Crippen molar-refractivity contribution in [1.29, 1.82) is 0 Å². The third-order valence-corrected chi connectivity index (χ3v) is 5.39. The van der Waals surface area contributed by atoms with Gasteiger partial charge in [-0.15, -0.1) is 12.4 Å². The van der Waals surface area contributed by atoms with E-state index in [4.69, 9.17) is 10.5 Å². The third kappa shape index (κ3) is 5.01. The second-order valence-electron chi connectivity index (χ2n) is 4.77. The SMILES string of the molecule is CCC(N)(CC)CNS(=O)(=O)C1CCCOC1.Cl. The number of halogens is 1. The number of rotatable bonds is 6. The zero-order valence-electron chi connectivity index (χ0n) is 11.1. The van der Waals surface area contributed by atoms with Crippen molar-refractivity contribution in [3.8, 4) is 0 Å². The van der Waals surface area contributed by atoms with Gasteiger partial charge in [-0.3, -0.25) is 0 Å². The lowest BCUT2D eigenvalue weighted by molar-refractivity contribution is 0.0987. The summed E-state index contributed by atoms with van der Waals surface area (Å²) in [6, 6.07) is 0. The molecule has 5 nitrogen and oxygen atoms in total. The van der Waals surface area contributed by atoms with Crippen molar-refractivity contribution in [3.63, 3.8) is 0 Å². The second kappa shape index (κ2) is 7.65. The Morgan fingerprint density at radius 3 is 2.44 bits per heavy atom. The lowest BCUT2D eigenvalue weighted by atomic mass is 9.95. The standard InChI is InChI=1S/C11H24N2O3S.ClH/c1-3-11(12,4-2)9-13-17(14,15)10-6-5-7-16-8-10;/h10,13H,3-9,12H2,1-2H3;1H. The van der Waals surface area contributed by atoms with Gasteiger partial charge in [0.1, 0.15) is 0 Å². The average molecular weight is 301 g/mol. The van der Waals surface area contributed by atoms with Gasteiger partial charge in [-0.1, -0.05) is 13.8 Å². The molecule has 1 aliphatic heterocycles. The first-order valence-corrected chi connectivity index (χ1v) is 7.83. The highest BCUT2D eigenvalue weighted by Crippen LogP contribution is 2.15. The number of nitrogens with two attached hydrogens (primary N) is 1. The molecular formula is C11H25ClN2O3S. The molecule has 0 saturated carbocycles. The molecule has 0 radical (unpaired) electrons. The predicted octanol–water partition coefficient (Wildman–Crippen LogP) is 1.02. The van der Waals surface area contributed by atoms with Gasteiger partial charge in [0.05, 0.1) is 11.9 Å². The minimum Gasteiger partial charge on any atom is -0.380 e. The van der Waals surface area contributed by atoms with Crippen LogP contribution in [0.4, 0.5) is 0 Å². The molecule has 0 aromatic rings. The molecule has 7 heteroatoms. The van der Waals surface area contributed by atoms with Gasteiger partial charge in [-0.25, -0.2) is 13.1 Å². The molecule has 1 rings (SSSR count). The Hall–Kier alpha value is 0.120. The lowest BCUT2D eigenvalue weighted by Gasteiger charge is -2.29. The molecule has 1 saturated heterocycles. The number of hydrogen-bond acceptors (Lipinski definition) is 4. The van der Waals surface area contributed by atoms with Crippen molar-refractivity contribution in [2.24, 2.45) is 5.73 Å². The number of sulfonamides is 1. The van der Waals surface area contributed by atoms with E-state index in [1.807, 2.05) is 13.8 Å². The van der Waals surface area contributed by atoms with Crippen molar-refractivity contribution in [3.05, 3.63) is 0 Å². The molecule has 1 unspecified atom stereocenters. The van der Waals surface area contributed by atoms with Crippen molar-refractivity contribution in [2.45, 2.75) is 50.3 Å². The van der Waals surface area contributed by atoms with Crippen LogP contribution in [0.3, 0.4) is 0 Å². The van der Waals surface area contributed by atoms with E-state index in [1.165, 1.54) is 0 Å². The molecule has 0 aromatic heterocycles. The summed E-state index contributed by atoms with van der Waals surface area (Å²) >= 11 is 0. The highest BCUT2D eigenvalue weighted by molar-refractivity contribution is 7.90. The maximum Gasteiger partial charge on any atom is 0.216 e. The molecule has 1 fully saturated rings. The van der Waals surface area contributed by atoms with Crippen LogP contribution in [0.1, 0.15) is 39.5 Å². The quantitative estimate of drug-likeness (QED) is 0.767. The first-order chi connectivity index (χ1) is 7.93. The molecule has 0 aliphatic carbocycles. The van der Waals surface area contributed by atoms with Crippen molar-refractivity contribution in [1.82, 2.24) is 4.72 Å². The molecule has 1 atom stereocenters. The Morgan fingerprint density at radius 2 is 2.00 bits per heavy atom.